The lowest BCUT2D eigenvalue weighted by Crippen LogP contribution is -2.00. The van der Waals surface area contributed by atoms with Gasteiger partial charge in [0.25, 0.3) is 0 Å². The molecule has 0 saturated heterocycles. The van der Waals surface area contributed by atoms with Gasteiger partial charge in [-0.2, -0.15) is 5.26 Å². The summed E-state index contributed by atoms with van der Waals surface area (Å²) >= 11 is 12.5. The van der Waals surface area contributed by atoms with Gasteiger partial charge in [-0.3, -0.25) is 0 Å². The summed E-state index contributed by atoms with van der Waals surface area (Å²) in [6, 6.07) is 9.04. The van der Waals surface area contributed by atoms with Crippen LogP contribution in [-0.4, -0.2) is 0 Å². The lowest BCUT2D eigenvalue weighted by atomic mass is 10.2. The Balaban J connectivity index is 2.15. The van der Waals surface area contributed by atoms with Crippen molar-refractivity contribution >= 4 is 49.1 Å². The summed E-state index contributed by atoms with van der Waals surface area (Å²) < 4.78 is 6.93. The third-order valence-corrected chi connectivity index (χ3v) is 4.20. The molecule has 3 nitrogen and oxygen atoms in total. The van der Waals surface area contributed by atoms with E-state index in [1.165, 1.54) is 0 Å². The van der Waals surface area contributed by atoms with E-state index in [0.717, 1.165) is 10.2 Å². The van der Waals surface area contributed by atoms with Gasteiger partial charge in [0.2, 0.25) is 0 Å². The minimum atomic E-state index is 0.471. The van der Waals surface area contributed by atoms with Crippen molar-refractivity contribution in [3.63, 3.8) is 0 Å². The first kappa shape index (κ1) is 13.5. The van der Waals surface area contributed by atoms with Crippen molar-refractivity contribution in [1.82, 2.24) is 0 Å². The van der Waals surface area contributed by atoms with Crippen LogP contribution in [0.1, 0.15) is 11.3 Å². The summed E-state index contributed by atoms with van der Waals surface area (Å²) in [5.74, 6) is 0.748. The van der Waals surface area contributed by atoms with Crippen LogP contribution in [0.25, 0.3) is 0 Å². The van der Waals surface area contributed by atoms with Crippen molar-refractivity contribution in [2.75, 3.05) is 5.32 Å². The molecular weight excluding hydrogens is 383 g/mol. The molecule has 2 aromatic rings. The Morgan fingerprint density at radius 2 is 2.11 bits per heavy atom. The van der Waals surface area contributed by atoms with Gasteiger partial charge in [0.15, 0.2) is 4.67 Å². The highest BCUT2D eigenvalue weighted by atomic mass is 79.9. The number of benzene rings is 1. The monoisotopic (exact) mass is 388 g/mol. The summed E-state index contributed by atoms with van der Waals surface area (Å²) in [6.45, 7) is 0.471. The van der Waals surface area contributed by atoms with Crippen molar-refractivity contribution in [2.45, 2.75) is 6.54 Å². The summed E-state index contributed by atoms with van der Waals surface area (Å²) in [6.07, 6.45) is 0. The fourth-order valence-corrected chi connectivity index (χ4v) is 2.25. The van der Waals surface area contributed by atoms with Crippen LogP contribution in [-0.2, 0) is 6.54 Å². The lowest BCUT2D eigenvalue weighted by molar-refractivity contribution is 0.494. The van der Waals surface area contributed by atoms with E-state index in [2.05, 4.69) is 43.2 Å². The maximum Gasteiger partial charge on any atom is 0.183 e. The Hall–Kier alpha value is -0.960. The summed E-state index contributed by atoms with van der Waals surface area (Å²) in [4.78, 5) is 0. The Labute approximate surface area is 126 Å². The predicted molar refractivity (Wildman–Crippen MR) is 77.6 cm³/mol. The number of hydrogen-bond donors (Lipinski definition) is 1. The molecule has 0 saturated carbocycles. The molecule has 0 amide bonds. The van der Waals surface area contributed by atoms with Crippen molar-refractivity contribution in [2.24, 2.45) is 0 Å². The number of halogens is 3. The van der Waals surface area contributed by atoms with Gasteiger partial charge in [0.05, 0.1) is 22.3 Å². The van der Waals surface area contributed by atoms with Crippen molar-refractivity contribution in [3.05, 3.63) is 49.8 Å². The maximum atomic E-state index is 8.98. The zero-order valence-corrected chi connectivity index (χ0v) is 12.9. The van der Waals surface area contributed by atoms with Gasteiger partial charge in [-0.1, -0.05) is 11.6 Å². The van der Waals surface area contributed by atoms with Crippen LogP contribution in [0, 0.1) is 11.3 Å². The first-order valence-electron chi connectivity index (χ1n) is 4.97. The van der Waals surface area contributed by atoms with Crippen LogP contribution in [0.3, 0.4) is 0 Å². The Bertz CT molecular complexity index is 600. The van der Waals surface area contributed by atoms with Gasteiger partial charge >= 0.3 is 0 Å². The van der Waals surface area contributed by atoms with Gasteiger partial charge in [0.1, 0.15) is 11.8 Å². The number of nitrogens with zero attached hydrogens (tertiary/aromatic N) is 1. The van der Waals surface area contributed by atoms with E-state index in [1.54, 1.807) is 18.2 Å². The Morgan fingerprint density at radius 3 is 2.72 bits per heavy atom. The number of furan rings is 1. The van der Waals surface area contributed by atoms with E-state index >= 15 is 0 Å². The van der Waals surface area contributed by atoms with Crippen LogP contribution >= 0.6 is 43.5 Å². The molecule has 1 heterocycles. The van der Waals surface area contributed by atoms with E-state index in [1.807, 2.05) is 6.07 Å². The van der Waals surface area contributed by atoms with Crippen LogP contribution in [0.4, 0.5) is 5.69 Å². The molecule has 0 aliphatic rings. The van der Waals surface area contributed by atoms with Gasteiger partial charge in [0, 0.05) is 5.02 Å². The lowest BCUT2D eigenvalue weighted by Gasteiger charge is -2.06. The molecule has 6 heteroatoms. The largest absolute Gasteiger partial charge is 0.451 e. The topological polar surface area (TPSA) is 49.0 Å². The number of anilines is 1. The number of rotatable bonds is 3. The molecule has 2 rings (SSSR count). The SMILES string of the molecule is N#Cc1ccc(Cl)cc1NCc1cc(Br)c(Br)o1. The fourth-order valence-electron chi connectivity index (χ4n) is 1.42. The van der Waals surface area contributed by atoms with Crippen LogP contribution < -0.4 is 5.32 Å². The third-order valence-electron chi connectivity index (χ3n) is 2.25. The van der Waals surface area contributed by atoms with Crippen LogP contribution in [0.5, 0.6) is 0 Å². The molecule has 1 aromatic carbocycles. The zero-order chi connectivity index (χ0) is 13.1. The third kappa shape index (κ3) is 3.08. The van der Waals surface area contributed by atoms with E-state index in [-0.39, 0.29) is 0 Å². The average molecular weight is 390 g/mol. The molecule has 1 aromatic heterocycles. The highest BCUT2D eigenvalue weighted by Crippen LogP contribution is 2.27. The van der Waals surface area contributed by atoms with Gasteiger partial charge < -0.3 is 9.73 Å². The van der Waals surface area contributed by atoms with Gasteiger partial charge in [-0.15, -0.1) is 0 Å². The van der Waals surface area contributed by atoms with Gasteiger partial charge in [-0.05, 0) is 56.1 Å². The van der Waals surface area contributed by atoms with E-state index in [0.29, 0.717) is 27.5 Å². The highest BCUT2D eigenvalue weighted by Gasteiger charge is 2.07. The first-order chi connectivity index (χ1) is 8.60. The second-order valence-electron chi connectivity index (χ2n) is 3.49. The first-order valence-corrected chi connectivity index (χ1v) is 6.94. The molecule has 0 bridgehead atoms. The molecule has 18 heavy (non-hydrogen) atoms. The van der Waals surface area contributed by atoms with Gasteiger partial charge in [-0.25, -0.2) is 0 Å². The summed E-state index contributed by atoms with van der Waals surface area (Å²) in [5, 5.41) is 12.7. The van der Waals surface area contributed by atoms with E-state index < -0.39 is 0 Å². The molecule has 0 atom stereocenters. The number of nitrogens with one attached hydrogen (secondary N) is 1. The normalized spacial score (nSPS) is 10.1. The molecule has 0 unspecified atom stereocenters. The second kappa shape index (κ2) is 5.79. The second-order valence-corrected chi connectivity index (χ2v) is 5.50. The predicted octanol–water partition coefficient (Wildman–Crippen LogP) is 4.94. The molecule has 0 aliphatic heterocycles. The minimum Gasteiger partial charge on any atom is -0.451 e. The van der Waals surface area contributed by atoms with Crippen LogP contribution in [0.2, 0.25) is 5.02 Å². The minimum absolute atomic E-state index is 0.471. The highest BCUT2D eigenvalue weighted by molar-refractivity contribution is 9.13. The molecule has 1 N–H and O–H groups in total. The fraction of sp³-hybridized carbons (Fsp3) is 0.0833. The maximum absolute atomic E-state index is 8.98. The number of hydrogen-bond acceptors (Lipinski definition) is 3. The Morgan fingerprint density at radius 1 is 1.33 bits per heavy atom. The van der Waals surface area contributed by atoms with Crippen molar-refractivity contribution < 1.29 is 4.42 Å². The smallest absolute Gasteiger partial charge is 0.183 e. The quantitative estimate of drug-likeness (QED) is 0.807. The number of nitriles is 1. The van der Waals surface area contributed by atoms with Crippen LogP contribution in [0.15, 0.2) is 37.8 Å². The molecular formula is C12H7Br2ClN2O. The van der Waals surface area contributed by atoms with Crippen molar-refractivity contribution in [3.8, 4) is 6.07 Å². The van der Waals surface area contributed by atoms with Crippen molar-refractivity contribution in [1.29, 1.82) is 5.26 Å². The van der Waals surface area contributed by atoms with E-state index in [9.17, 15) is 0 Å². The summed E-state index contributed by atoms with van der Waals surface area (Å²) in [5.41, 5.74) is 1.23. The standard InChI is InChI=1S/C12H7Br2ClN2O/c13-10-4-9(18-12(10)14)6-17-11-3-8(15)2-1-7(11)5-16/h1-4,17H,6H2. The zero-order valence-electron chi connectivity index (χ0n) is 9.01. The molecule has 0 spiro atoms. The molecule has 0 radical (unpaired) electrons. The summed E-state index contributed by atoms with van der Waals surface area (Å²) in [7, 11) is 0. The molecule has 92 valence electrons. The molecule has 0 aliphatic carbocycles. The Kier molecular flexibility index (Phi) is 4.33. The van der Waals surface area contributed by atoms with E-state index in [4.69, 9.17) is 21.3 Å². The molecule has 0 fully saturated rings. The average Bonchev–Trinajstić information content (AvgIpc) is 2.66.